The maximum absolute atomic E-state index is 12.4. The van der Waals surface area contributed by atoms with Crippen LogP contribution >= 0.6 is 0 Å². The Balaban J connectivity index is 1.87. The highest BCUT2D eigenvalue weighted by Gasteiger charge is 2.29. The van der Waals surface area contributed by atoms with Gasteiger partial charge >= 0.3 is 0 Å². The molecule has 0 unspecified atom stereocenters. The standard InChI is InChI=1S/C15H14N2O3S/c16-8-11-3-4-15-12(6-11)7-14(21(15,18)19)10-20-13-2-1-5-17-9-13/h1-7,9H,8,10,16H2. The fourth-order valence-electron chi connectivity index (χ4n) is 2.18. The van der Waals surface area contributed by atoms with Crippen molar-refractivity contribution in [3.63, 3.8) is 0 Å². The molecule has 1 aromatic heterocycles. The molecule has 1 aromatic carbocycles. The van der Waals surface area contributed by atoms with Crippen LogP contribution in [0.25, 0.3) is 6.08 Å². The minimum atomic E-state index is -3.47. The van der Waals surface area contributed by atoms with E-state index in [0.717, 1.165) is 5.56 Å². The van der Waals surface area contributed by atoms with Crippen LogP contribution in [0.3, 0.4) is 0 Å². The van der Waals surface area contributed by atoms with Crippen LogP contribution < -0.4 is 10.5 Å². The van der Waals surface area contributed by atoms with E-state index in [2.05, 4.69) is 4.98 Å². The minimum Gasteiger partial charge on any atom is -0.487 e. The number of nitrogens with zero attached hydrogens (tertiary/aromatic N) is 1. The average molecular weight is 302 g/mol. The zero-order chi connectivity index (χ0) is 14.9. The Kier molecular flexibility index (Phi) is 3.48. The number of pyridine rings is 1. The van der Waals surface area contributed by atoms with Crippen LogP contribution in [-0.4, -0.2) is 20.0 Å². The van der Waals surface area contributed by atoms with Crippen LogP contribution in [0.15, 0.2) is 52.5 Å². The van der Waals surface area contributed by atoms with E-state index in [0.29, 0.717) is 22.8 Å². The number of nitrogens with two attached hydrogens (primary N) is 1. The summed E-state index contributed by atoms with van der Waals surface area (Å²) in [5.74, 6) is 0.534. The van der Waals surface area contributed by atoms with Gasteiger partial charge in [0.1, 0.15) is 12.4 Å². The van der Waals surface area contributed by atoms with E-state index in [9.17, 15) is 8.42 Å². The Labute approximate surface area is 123 Å². The van der Waals surface area contributed by atoms with Gasteiger partial charge in [0.25, 0.3) is 0 Å². The maximum Gasteiger partial charge on any atom is 0.206 e. The van der Waals surface area contributed by atoms with Gasteiger partial charge in [0.15, 0.2) is 0 Å². The summed E-state index contributed by atoms with van der Waals surface area (Å²) in [6, 6.07) is 8.59. The second-order valence-electron chi connectivity index (χ2n) is 4.67. The SMILES string of the molecule is NCc1ccc2c(c1)C=C(COc1cccnc1)S2(=O)=O. The van der Waals surface area contributed by atoms with Crippen molar-refractivity contribution in [3.8, 4) is 5.75 Å². The first-order valence-electron chi connectivity index (χ1n) is 6.43. The molecule has 0 aliphatic carbocycles. The lowest BCUT2D eigenvalue weighted by Gasteiger charge is -2.06. The van der Waals surface area contributed by atoms with Gasteiger partial charge in [-0.25, -0.2) is 8.42 Å². The first-order chi connectivity index (χ1) is 10.1. The summed E-state index contributed by atoms with van der Waals surface area (Å²) < 4.78 is 30.3. The molecule has 0 saturated heterocycles. The first kappa shape index (κ1) is 13.8. The van der Waals surface area contributed by atoms with Gasteiger partial charge in [-0.2, -0.15) is 0 Å². The van der Waals surface area contributed by atoms with Crippen LogP contribution in [0.4, 0.5) is 0 Å². The predicted molar refractivity (Wildman–Crippen MR) is 79.2 cm³/mol. The molecule has 0 spiro atoms. The summed E-state index contributed by atoms with van der Waals surface area (Å²) in [6.45, 7) is 0.364. The number of benzene rings is 1. The van der Waals surface area contributed by atoms with Gasteiger partial charge in [0.2, 0.25) is 9.84 Å². The third-order valence-corrected chi connectivity index (χ3v) is 5.15. The van der Waals surface area contributed by atoms with Crippen molar-refractivity contribution in [1.29, 1.82) is 0 Å². The monoisotopic (exact) mass is 302 g/mol. The Hall–Kier alpha value is -2.18. The Bertz CT molecular complexity index is 799. The maximum atomic E-state index is 12.4. The smallest absolute Gasteiger partial charge is 0.206 e. The molecule has 0 radical (unpaired) electrons. The zero-order valence-electron chi connectivity index (χ0n) is 11.2. The van der Waals surface area contributed by atoms with Gasteiger partial charge in [0.05, 0.1) is 16.0 Å². The van der Waals surface area contributed by atoms with E-state index in [1.165, 1.54) is 0 Å². The molecule has 1 aliphatic heterocycles. The summed E-state index contributed by atoms with van der Waals surface area (Å²) in [4.78, 5) is 4.48. The molecule has 2 aromatic rings. The molecule has 6 heteroatoms. The van der Waals surface area contributed by atoms with Gasteiger partial charge in [-0.05, 0) is 41.5 Å². The van der Waals surface area contributed by atoms with E-state index in [1.807, 2.05) is 0 Å². The van der Waals surface area contributed by atoms with Crippen LogP contribution in [0.5, 0.6) is 5.75 Å². The van der Waals surface area contributed by atoms with Crippen molar-refractivity contribution < 1.29 is 13.2 Å². The number of rotatable bonds is 4. The van der Waals surface area contributed by atoms with Gasteiger partial charge in [0, 0.05) is 12.7 Å². The molecular weight excluding hydrogens is 288 g/mol. The number of aromatic nitrogens is 1. The Morgan fingerprint density at radius 3 is 2.81 bits per heavy atom. The van der Waals surface area contributed by atoms with Crippen molar-refractivity contribution in [2.24, 2.45) is 5.73 Å². The molecule has 2 N–H and O–H groups in total. The van der Waals surface area contributed by atoms with E-state index in [1.54, 1.807) is 48.8 Å². The van der Waals surface area contributed by atoms with Crippen LogP contribution in [0, 0.1) is 0 Å². The highest BCUT2D eigenvalue weighted by Crippen LogP contribution is 2.33. The molecule has 108 valence electrons. The molecule has 21 heavy (non-hydrogen) atoms. The van der Waals surface area contributed by atoms with Crippen molar-refractivity contribution in [1.82, 2.24) is 4.98 Å². The van der Waals surface area contributed by atoms with Gasteiger partial charge in [-0.1, -0.05) is 6.07 Å². The Morgan fingerprint density at radius 1 is 1.24 bits per heavy atom. The minimum absolute atomic E-state index is 0.0132. The zero-order valence-corrected chi connectivity index (χ0v) is 12.0. The second kappa shape index (κ2) is 5.31. The lowest BCUT2D eigenvalue weighted by molar-refractivity contribution is 0.357. The van der Waals surface area contributed by atoms with Crippen LogP contribution in [0.1, 0.15) is 11.1 Å². The third-order valence-electron chi connectivity index (χ3n) is 3.28. The molecule has 0 atom stereocenters. The summed E-state index contributed by atoms with van der Waals surface area (Å²) in [6.07, 6.45) is 4.81. The molecule has 3 rings (SSSR count). The topological polar surface area (TPSA) is 82.3 Å². The van der Waals surface area contributed by atoms with E-state index in [-0.39, 0.29) is 11.5 Å². The van der Waals surface area contributed by atoms with Crippen LogP contribution in [0.2, 0.25) is 0 Å². The molecular formula is C15H14N2O3S. The second-order valence-corrected chi connectivity index (χ2v) is 6.64. The molecule has 0 fully saturated rings. The fraction of sp³-hybridized carbons (Fsp3) is 0.133. The third kappa shape index (κ3) is 2.55. The number of ether oxygens (including phenoxy) is 1. The quantitative estimate of drug-likeness (QED) is 0.930. The molecule has 2 heterocycles. The van der Waals surface area contributed by atoms with Gasteiger partial charge in [-0.15, -0.1) is 0 Å². The largest absolute Gasteiger partial charge is 0.487 e. The summed E-state index contributed by atoms with van der Waals surface area (Å²) >= 11 is 0. The summed E-state index contributed by atoms with van der Waals surface area (Å²) in [5.41, 5.74) is 7.15. The summed E-state index contributed by atoms with van der Waals surface area (Å²) in [7, 11) is -3.47. The lowest BCUT2D eigenvalue weighted by atomic mass is 10.1. The number of hydrogen-bond acceptors (Lipinski definition) is 5. The molecule has 1 aliphatic rings. The van der Waals surface area contributed by atoms with Crippen LogP contribution in [-0.2, 0) is 16.4 Å². The lowest BCUT2D eigenvalue weighted by Crippen LogP contribution is -2.09. The van der Waals surface area contributed by atoms with Crippen molar-refractivity contribution in [2.45, 2.75) is 11.4 Å². The van der Waals surface area contributed by atoms with E-state index >= 15 is 0 Å². The van der Waals surface area contributed by atoms with Crippen molar-refractivity contribution in [2.75, 3.05) is 6.61 Å². The number of sulfone groups is 1. The molecule has 0 bridgehead atoms. The summed E-state index contributed by atoms with van der Waals surface area (Å²) in [5, 5.41) is 0. The average Bonchev–Trinajstić information content (AvgIpc) is 2.76. The molecule has 0 amide bonds. The molecule has 0 saturated carbocycles. The number of hydrogen-bond donors (Lipinski definition) is 1. The van der Waals surface area contributed by atoms with Crippen molar-refractivity contribution >= 4 is 15.9 Å². The van der Waals surface area contributed by atoms with Crippen molar-refractivity contribution in [3.05, 3.63) is 58.8 Å². The fourth-order valence-corrected chi connectivity index (χ4v) is 3.63. The Morgan fingerprint density at radius 2 is 2.10 bits per heavy atom. The van der Waals surface area contributed by atoms with E-state index < -0.39 is 9.84 Å². The van der Waals surface area contributed by atoms with Gasteiger partial charge < -0.3 is 10.5 Å². The highest BCUT2D eigenvalue weighted by atomic mass is 32.2. The first-order valence-corrected chi connectivity index (χ1v) is 7.91. The number of fused-ring (bicyclic) bond motifs is 1. The predicted octanol–water partition coefficient (Wildman–Crippen LogP) is 1.75. The normalized spacial score (nSPS) is 15.4. The highest BCUT2D eigenvalue weighted by molar-refractivity contribution is 7.95. The van der Waals surface area contributed by atoms with Gasteiger partial charge in [-0.3, -0.25) is 4.98 Å². The van der Waals surface area contributed by atoms with E-state index in [4.69, 9.17) is 10.5 Å². The molecule has 5 nitrogen and oxygen atoms in total.